The van der Waals surface area contributed by atoms with Gasteiger partial charge in [0.25, 0.3) is 0 Å². The standard InChI is InChI=1S/C16H19N3O4S/c1-10-4-5-15(11(2)6-10)24(21,22)19-8-13-12(17-9-18-13)7-14(19)16(20)23-3/h4-6,9,14H,7-8H2,1-3H3,(H,17,18). The molecule has 1 aliphatic heterocycles. The van der Waals surface area contributed by atoms with Gasteiger partial charge in [0.15, 0.2) is 0 Å². The highest BCUT2D eigenvalue weighted by atomic mass is 32.2. The molecule has 1 aliphatic rings. The molecule has 1 N–H and O–H groups in total. The number of hydrogen-bond donors (Lipinski definition) is 1. The molecule has 1 unspecified atom stereocenters. The SMILES string of the molecule is COC(=O)C1Cc2nc[nH]c2CN1S(=O)(=O)c1ccc(C)cc1C. The summed E-state index contributed by atoms with van der Waals surface area (Å²) < 4.78 is 32.3. The van der Waals surface area contributed by atoms with Crippen LogP contribution < -0.4 is 0 Å². The highest BCUT2D eigenvalue weighted by Gasteiger charge is 2.41. The third-order valence-electron chi connectivity index (χ3n) is 4.25. The van der Waals surface area contributed by atoms with Crippen LogP contribution in [0, 0.1) is 13.8 Å². The first-order valence-corrected chi connectivity index (χ1v) is 8.96. The number of rotatable bonds is 3. The van der Waals surface area contributed by atoms with Gasteiger partial charge in [-0.15, -0.1) is 0 Å². The predicted molar refractivity (Wildman–Crippen MR) is 86.7 cm³/mol. The molecule has 24 heavy (non-hydrogen) atoms. The number of H-pyrrole nitrogens is 1. The highest BCUT2D eigenvalue weighted by Crippen LogP contribution is 2.29. The number of nitrogens with one attached hydrogen (secondary N) is 1. The van der Waals surface area contributed by atoms with Gasteiger partial charge in [-0.3, -0.25) is 4.79 Å². The van der Waals surface area contributed by atoms with Gasteiger partial charge in [-0.2, -0.15) is 4.31 Å². The van der Waals surface area contributed by atoms with Crippen molar-refractivity contribution in [2.45, 2.75) is 37.8 Å². The van der Waals surface area contributed by atoms with Crippen molar-refractivity contribution in [2.75, 3.05) is 7.11 Å². The summed E-state index contributed by atoms with van der Waals surface area (Å²) in [6, 6.07) is 4.22. The van der Waals surface area contributed by atoms with Crippen molar-refractivity contribution in [3.05, 3.63) is 47.0 Å². The predicted octanol–water partition coefficient (Wildman–Crippen LogP) is 1.32. The van der Waals surface area contributed by atoms with Crippen LogP contribution in [0.25, 0.3) is 0 Å². The van der Waals surface area contributed by atoms with Gasteiger partial charge in [0.1, 0.15) is 6.04 Å². The molecule has 1 aromatic carbocycles. The smallest absolute Gasteiger partial charge is 0.324 e. The maximum Gasteiger partial charge on any atom is 0.324 e. The van der Waals surface area contributed by atoms with Crippen LogP contribution in [-0.2, 0) is 32.5 Å². The van der Waals surface area contributed by atoms with Crippen LogP contribution in [0.3, 0.4) is 0 Å². The molecule has 0 amide bonds. The number of aromatic nitrogens is 2. The molecule has 2 heterocycles. The molecule has 2 aromatic rings. The van der Waals surface area contributed by atoms with Crippen LogP contribution in [0.4, 0.5) is 0 Å². The summed E-state index contributed by atoms with van der Waals surface area (Å²) in [7, 11) is -2.60. The van der Waals surface area contributed by atoms with Gasteiger partial charge in [-0.25, -0.2) is 13.4 Å². The second-order valence-electron chi connectivity index (χ2n) is 5.89. The first kappa shape index (κ1) is 16.7. The van der Waals surface area contributed by atoms with Crippen LogP contribution in [0.15, 0.2) is 29.4 Å². The number of hydrogen-bond acceptors (Lipinski definition) is 5. The second-order valence-corrected chi connectivity index (χ2v) is 7.75. The van der Waals surface area contributed by atoms with Gasteiger partial charge >= 0.3 is 5.97 Å². The quantitative estimate of drug-likeness (QED) is 0.844. The van der Waals surface area contributed by atoms with Crippen LogP contribution in [0.2, 0.25) is 0 Å². The van der Waals surface area contributed by atoms with E-state index >= 15 is 0 Å². The van der Waals surface area contributed by atoms with E-state index < -0.39 is 22.0 Å². The Morgan fingerprint density at radius 2 is 2.12 bits per heavy atom. The maximum atomic E-state index is 13.2. The summed E-state index contributed by atoms with van der Waals surface area (Å²) in [4.78, 5) is 19.5. The van der Waals surface area contributed by atoms with E-state index in [9.17, 15) is 13.2 Å². The van der Waals surface area contributed by atoms with Crippen molar-refractivity contribution in [2.24, 2.45) is 0 Å². The summed E-state index contributed by atoms with van der Waals surface area (Å²) in [6.07, 6.45) is 1.70. The third-order valence-corrected chi connectivity index (χ3v) is 6.26. The van der Waals surface area contributed by atoms with E-state index in [-0.39, 0.29) is 17.9 Å². The molecule has 1 atom stereocenters. The Morgan fingerprint density at radius 1 is 1.38 bits per heavy atom. The van der Waals surface area contributed by atoms with E-state index in [2.05, 4.69) is 9.97 Å². The Hall–Kier alpha value is -2.19. The Labute approximate surface area is 140 Å². The number of ether oxygens (including phenoxy) is 1. The van der Waals surface area contributed by atoms with Crippen molar-refractivity contribution >= 4 is 16.0 Å². The molecule has 0 aliphatic carbocycles. The fourth-order valence-electron chi connectivity index (χ4n) is 3.02. The largest absolute Gasteiger partial charge is 0.468 e. The Morgan fingerprint density at radius 3 is 2.79 bits per heavy atom. The summed E-state index contributed by atoms with van der Waals surface area (Å²) in [5.41, 5.74) is 3.01. The van der Waals surface area contributed by atoms with Crippen LogP contribution in [-0.4, -0.2) is 41.8 Å². The van der Waals surface area contributed by atoms with Crippen molar-refractivity contribution in [3.8, 4) is 0 Å². The van der Waals surface area contributed by atoms with E-state index in [1.54, 1.807) is 19.1 Å². The van der Waals surface area contributed by atoms with Gasteiger partial charge in [0.05, 0.1) is 36.3 Å². The minimum atomic E-state index is -3.85. The molecule has 1 aromatic heterocycles. The number of carbonyl (C=O) groups is 1. The lowest BCUT2D eigenvalue weighted by Gasteiger charge is -2.32. The van der Waals surface area contributed by atoms with E-state index in [1.807, 2.05) is 13.0 Å². The molecule has 0 saturated carbocycles. The molecule has 128 valence electrons. The molecular weight excluding hydrogens is 330 g/mol. The average Bonchev–Trinajstić information content (AvgIpc) is 3.00. The zero-order valence-electron chi connectivity index (χ0n) is 13.7. The molecule has 0 radical (unpaired) electrons. The number of fused-ring (bicyclic) bond motifs is 1. The Balaban J connectivity index is 2.08. The van der Waals surface area contributed by atoms with E-state index in [1.165, 1.54) is 17.7 Å². The summed E-state index contributed by atoms with van der Waals surface area (Å²) >= 11 is 0. The number of esters is 1. The summed E-state index contributed by atoms with van der Waals surface area (Å²) in [5, 5.41) is 0. The van der Waals surface area contributed by atoms with Crippen molar-refractivity contribution in [1.29, 1.82) is 0 Å². The molecule has 0 spiro atoms. The fourth-order valence-corrected chi connectivity index (χ4v) is 4.77. The number of sulfonamides is 1. The van der Waals surface area contributed by atoms with Crippen LogP contribution >= 0.6 is 0 Å². The molecule has 0 fully saturated rings. The molecule has 0 saturated heterocycles. The number of aromatic amines is 1. The van der Waals surface area contributed by atoms with Gasteiger partial charge in [0.2, 0.25) is 10.0 Å². The summed E-state index contributed by atoms with van der Waals surface area (Å²) in [5.74, 6) is -0.586. The number of imidazole rings is 1. The van der Waals surface area contributed by atoms with Crippen molar-refractivity contribution in [3.63, 3.8) is 0 Å². The minimum Gasteiger partial charge on any atom is -0.468 e. The van der Waals surface area contributed by atoms with Gasteiger partial charge in [-0.05, 0) is 25.5 Å². The Kier molecular flexibility index (Phi) is 4.18. The number of carbonyl (C=O) groups excluding carboxylic acids is 1. The first-order chi connectivity index (χ1) is 11.3. The van der Waals surface area contributed by atoms with E-state index in [0.717, 1.165) is 5.56 Å². The fraction of sp³-hybridized carbons (Fsp3) is 0.375. The number of aryl methyl sites for hydroxylation is 2. The molecule has 0 bridgehead atoms. The van der Waals surface area contributed by atoms with Crippen molar-refractivity contribution < 1.29 is 17.9 Å². The molecular formula is C16H19N3O4S. The zero-order valence-corrected chi connectivity index (χ0v) is 14.6. The topological polar surface area (TPSA) is 92.4 Å². The zero-order chi connectivity index (χ0) is 17.5. The van der Waals surface area contributed by atoms with Gasteiger partial charge in [-0.1, -0.05) is 17.7 Å². The monoisotopic (exact) mass is 349 g/mol. The third kappa shape index (κ3) is 2.71. The highest BCUT2D eigenvalue weighted by molar-refractivity contribution is 7.89. The van der Waals surface area contributed by atoms with Crippen LogP contribution in [0.1, 0.15) is 22.5 Å². The van der Waals surface area contributed by atoms with Gasteiger partial charge in [0, 0.05) is 6.42 Å². The lowest BCUT2D eigenvalue weighted by molar-refractivity contribution is -0.145. The van der Waals surface area contributed by atoms with E-state index in [0.29, 0.717) is 17.0 Å². The number of methoxy groups -OCH3 is 1. The summed E-state index contributed by atoms with van der Waals surface area (Å²) in [6.45, 7) is 3.71. The van der Waals surface area contributed by atoms with Gasteiger partial charge < -0.3 is 9.72 Å². The first-order valence-electron chi connectivity index (χ1n) is 7.52. The molecule has 8 heteroatoms. The number of benzene rings is 1. The minimum absolute atomic E-state index is 0.0603. The van der Waals surface area contributed by atoms with Crippen molar-refractivity contribution in [1.82, 2.24) is 14.3 Å². The second kappa shape index (κ2) is 6.03. The van der Waals surface area contributed by atoms with Crippen LogP contribution in [0.5, 0.6) is 0 Å². The Bertz CT molecular complexity index is 888. The maximum absolute atomic E-state index is 13.2. The molecule has 7 nitrogen and oxygen atoms in total. The lowest BCUT2D eigenvalue weighted by Crippen LogP contribution is -2.49. The average molecular weight is 349 g/mol. The van der Waals surface area contributed by atoms with E-state index in [4.69, 9.17) is 4.74 Å². The normalized spacial score (nSPS) is 18.2. The molecule has 3 rings (SSSR count). The number of nitrogens with zero attached hydrogens (tertiary/aromatic N) is 2. The lowest BCUT2D eigenvalue weighted by atomic mass is 10.1.